The average molecular weight is 321 g/mol. The Morgan fingerprint density at radius 2 is 2.14 bits per heavy atom. The first-order chi connectivity index (χ1) is 10.5. The Labute approximate surface area is 130 Å². The largest absolute Gasteiger partial charge is 0.489 e. The van der Waals surface area contributed by atoms with Gasteiger partial charge in [-0.2, -0.15) is 9.57 Å². The highest BCUT2D eigenvalue weighted by Crippen LogP contribution is 2.50. The highest BCUT2D eigenvalue weighted by molar-refractivity contribution is 7.89. The molecule has 0 amide bonds. The molecule has 0 unspecified atom stereocenters. The van der Waals surface area contributed by atoms with E-state index >= 15 is 0 Å². The van der Waals surface area contributed by atoms with Crippen LogP contribution in [0.4, 0.5) is 0 Å². The third kappa shape index (κ3) is 3.39. The van der Waals surface area contributed by atoms with Crippen molar-refractivity contribution in [2.24, 2.45) is 5.41 Å². The van der Waals surface area contributed by atoms with Gasteiger partial charge in [0.2, 0.25) is 10.0 Å². The van der Waals surface area contributed by atoms with E-state index in [1.165, 1.54) is 4.31 Å². The number of hydrogen-bond acceptors (Lipinski definition) is 5. The van der Waals surface area contributed by atoms with Crippen LogP contribution in [0.2, 0.25) is 0 Å². The Kier molecular flexibility index (Phi) is 4.06. The second-order valence-electron chi connectivity index (χ2n) is 6.16. The van der Waals surface area contributed by atoms with Crippen LogP contribution in [0, 0.1) is 16.7 Å². The molecular weight excluding hydrogens is 302 g/mol. The van der Waals surface area contributed by atoms with Crippen LogP contribution in [0.5, 0.6) is 5.75 Å². The molecule has 22 heavy (non-hydrogen) atoms. The van der Waals surface area contributed by atoms with Crippen molar-refractivity contribution >= 4 is 10.0 Å². The van der Waals surface area contributed by atoms with Gasteiger partial charge in [-0.15, -0.1) is 0 Å². The molecule has 1 saturated carbocycles. The van der Waals surface area contributed by atoms with E-state index in [4.69, 9.17) is 10.00 Å². The summed E-state index contributed by atoms with van der Waals surface area (Å²) in [6.07, 6.45) is 5.87. The summed E-state index contributed by atoms with van der Waals surface area (Å²) >= 11 is 0. The van der Waals surface area contributed by atoms with Crippen LogP contribution in [0.3, 0.4) is 0 Å². The standard InChI is InChI=1S/C15H19N3O3S/c16-7-6-15(4-5-15)12-22(19,20)18-10-3-14(11-18)21-13-1-8-17-9-2-13/h1-2,8-9,14H,3-6,10-12H2/t14-/m1/s1. The van der Waals surface area contributed by atoms with Crippen molar-refractivity contribution < 1.29 is 13.2 Å². The van der Waals surface area contributed by atoms with Gasteiger partial charge in [0.25, 0.3) is 0 Å². The summed E-state index contributed by atoms with van der Waals surface area (Å²) in [4.78, 5) is 3.93. The lowest BCUT2D eigenvalue weighted by Gasteiger charge is -2.20. The Morgan fingerprint density at radius 3 is 2.77 bits per heavy atom. The lowest BCUT2D eigenvalue weighted by molar-refractivity contribution is 0.215. The molecular formula is C15H19N3O3S. The van der Waals surface area contributed by atoms with E-state index in [1.807, 2.05) is 0 Å². The maximum Gasteiger partial charge on any atom is 0.214 e. The van der Waals surface area contributed by atoms with Gasteiger partial charge in [-0.05, 0) is 36.8 Å². The predicted molar refractivity (Wildman–Crippen MR) is 80.5 cm³/mol. The minimum absolute atomic E-state index is 0.0928. The van der Waals surface area contributed by atoms with Crippen LogP contribution < -0.4 is 4.74 Å². The molecule has 6 nitrogen and oxygen atoms in total. The Bertz CT molecular complexity index is 665. The predicted octanol–water partition coefficient (Wildman–Crippen LogP) is 1.56. The second-order valence-corrected chi connectivity index (χ2v) is 8.13. The topological polar surface area (TPSA) is 83.3 Å². The molecule has 2 aliphatic rings. The highest BCUT2D eigenvalue weighted by Gasteiger charge is 2.48. The molecule has 1 aromatic heterocycles. The van der Waals surface area contributed by atoms with Gasteiger partial charge in [-0.25, -0.2) is 8.42 Å². The van der Waals surface area contributed by atoms with E-state index in [0.717, 1.165) is 12.8 Å². The molecule has 7 heteroatoms. The van der Waals surface area contributed by atoms with Crippen LogP contribution >= 0.6 is 0 Å². The first kappa shape index (κ1) is 15.3. The van der Waals surface area contributed by atoms with E-state index in [0.29, 0.717) is 31.7 Å². The molecule has 118 valence electrons. The van der Waals surface area contributed by atoms with Crippen LogP contribution in [0.25, 0.3) is 0 Å². The molecule has 2 fully saturated rings. The second kappa shape index (κ2) is 5.86. The summed E-state index contributed by atoms with van der Waals surface area (Å²) in [5.41, 5.74) is -0.294. The van der Waals surface area contributed by atoms with Gasteiger partial charge in [0.1, 0.15) is 11.9 Å². The number of nitriles is 1. The first-order valence-electron chi connectivity index (χ1n) is 7.45. The van der Waals surface area contributed by atoms with Gasteiger partial charge in [0.05, 0.1) is 18.4 Å². The Hall–Kier alpha value is -1.65. The van der Waals surface area contributed by atoms with E-state index in [1.54, 1.807) is 24.5 Å². The van der Waals surface area contributed by atoms with E-state index in [9.17, 15) is 8.42 Å². The van der Waals surface area contributed by atoms with E-state index < -0.39 is 10.0 Å². The van der Waals surface area contributed by atoms with Gasteiger partial charge >= 0.3 is 0 Å². The third-order valence-electron chi connectivity index (χ3n) is 4.35. The van der Waals surface area contributed by atoms with Crippen molar-refractivity contribution in [3.05, 3.63) is 24.5 Å². The summed E-state index contributed by atoms with van der Waals surface area (Å²) in [5, 5.41) is 8.83. The molecule has 1 atom stereocenters. The molecule has 0 spiro atoms. The fourth-order valence-electron chi connectivity index (χ4n) is 2.85. The summed E-state index contributed by atoms with van der Waals surface area (Å²) in [6, 6.07) is 5.65. The zero-order chi connectivity index (χ0) is 15.6. The van der Waals surface area contributed by atoms with Crippen LogP contribution in [0.1, 0.15) is 25.7 Å². The van der Waals surface area contributed by atoms with Crippen molar-refractivity contribution in [3.63, 3.8) is 0 Å². The van der Waals surface area contributed by atoms with Crippen LogP contribution in [-0.2, 0) is 10.0 Å². The van der Waals surface area contributed by atoms with Crippen molar-refractivity contribution in [2.45, 2.75) is 31.8 Å². The van der Waals surface area contributed by atoms with Gasteiger partial charge in [-0.1, -0.05) is 0 Å². The molecule has 1 aromatic rings. The smallest absolute Gasteiger partial charge is 0.214 e. The summed E-state index contributed by atoms with van der Waals surface area (Å²) in [7, 11) is -3.31. The van der Waals surface area contributed by atoms with Gasteiger partial charge < -0.3 is 4.74 Å². The Balaban J connectivity index is 1.59. The minimum Gasteiger partial charge on any atom is -0.489 e. The number of rotatable bonds is 6. The summed E-state index contributed by atoms with van der Waals surface area (Å²) in [6.45, 7) is 0.869. The molecule has 2 heterocycles. The molecule has 0 aromatic carbocycles. The van der Waals surface area contributed by atoms with Crippen molar-refractivity contribution in [3.8, 4) is 11.8 Å². The van der Waals surface area contributed by atoms with E-state index in [-0.39, 0.29) is 17.3 Å². The molecule has 1 aliphatic heterocycles. The fraction of sp³-hybridized carbons (Fsp3) is 0.600. The zero-order valence-corrected chi connectivity index (χ0v) is 13.1. The SMILES string of the molecule is N#CCC1(CS(=O)(=O)N2CC[C@@H](Oc3ccncc3)C2)CC1. The normalized spacial score (nSPS) is 23.9. The number of pyridine rings is 1. The molecule has 0 bridgehead atoms. The lowest BCUT2D eigenvalue weighted by Crippen LogP contribution is -2.35. The fourth-order valence-corrected chi connectivity index (χ4v) is 4.97. The molecule has 1 saturated heterocycles. The van der Waals surface area contributed by atoms with Crippen LogP contribution in [-0.4, -0.2) is 42.7 Å². The third-order valence-corrected chi connectivity index (χ3v) is 6.45. The first-order valence-corrected chi connectivity index (χ1v) is 9.05. The van der Waals surface area contributed by atoms with E-state index in [2.05, 4.69) is 11.1 Å². The zero-order valence-electron chi connectivity index (χ0n) is 12.3. The van der Waals surface area contributed by atoms with Crippen molar-refractivity contribution in [1.29, 1.82) is 5.26 Å². The summed E-state index contributed by atoms with van der Waals surface area (Å²) < 4.78 is 32.3. The monoisotopic (exact) mass is 321 g/mol. The molecule has 1 aliphatic carbocycles. The Morgan fingerprint density at radius 1 is 1.41 bits per heavy atom. The maximum absolute atomic E-state index is 12.5. The van der Waals surface area contributed by atoms with Crippen molar-refractivity contribution in [1.82, 2.24) is 9.29 Å². The quantitative estimate of drug-likeness (QED) is 0.794. The van der Waals surface area contributed by atoms with Gasteiger partial charge in [-0.3, -0.25) is 4.98 Å². The highest BCUT2D eigenvalue weighted by atomic mass is 32.2. The molecule has 0 radical (unpaired) electrons. The average Bonchev–Trinajstić information content (AvgIpc) is 3.05. The molecule has 0 N–H and O–H groups in total. The lowest BCUT2D eigenvalue weighted by atomic mass is 10.1. The van der Waals surface area contributed by atoms with Crippen molar-refractivity contribution in [2.75, 3.05) is 18.8 Å². The number of hydrogen-bond donors (Lipinski definition) is 0. The molecule has 3 rings (SSSR count). The number of ether oxygens (including phenoxy) is 1. The maximum atomic E-state index is 12.5. The van der Waals surface area contributed by atoms with Gasteiger partial charge in [0, 0.05) is 25.4 Å². The summed E-state index contributed by atoms with van der Waals surface area (Å²) in [5.74, 6) is 0.803. The number of aromatic nitrogens is 1. The number of nitrogens with zero attached hydrogens (tertiary/aromatic N) is 3. The van der Waals surface area contributed by atoms with Gasteiger partial charge in [0.15, 0.2) is 0 Å². The number of sulfonamides is 1. The minimum atomic E-state index is -3.31. The van der Waals surface area contributed by atoms with Crippen LogP contribution in [0.15, 0.2) is 24.5 Å².